The van der Waals surface area contributed by atoms with Crippen LogP contribution in [-0.2, 0) is 6.42 Å². The van der Waals surface area contributed by atoms with Crippen LogP contribution < -0.4 is 2.89 Å². The summed E-state index contributed by atoms with van der Waals surface area (Å²) in [6, 6.07) is 4.62. The van der Waals surface area contributed by atoms with Gasteiger partial charge in [0.15, 0.2) is 0 Å². The van der Waals surface area contributed by atoms with E-state index < -0.39 is 0 Å². The molecule has 0 nitrogen and oxygen atoms in total. The van der Waals surface area contributed by atoms with Gasteiger partial charge in [-0.25, -0.2) is 0 Å². The fraction of sp³-hybridized carbons (Fsp3) is 0.714. The molecular weight excluding hydrogens is 319 g/mol. The third kappa shape index (κ3) is 6.29. The second-order valence-electron chi connectivity index (χ2n) is 5.27. The van der Waals surface area contributed by atoms with E-state index in [-0.39, 0.29) is 0 Å². The molecule has 0 aliphatic rings. The molecule has 0 spiro atoms. The monoisotopic (exact) mass is 344 g/mol. The molecule has 0 aliphatic heterocycles. The predicted molar refractivity (Wildman–Crippen MR) is 77.3 cm³/mol. The Morgan fingerprint density at radius 2 is 1.88 bits per heavy atom. The zero-order valence-electron chi connectivity index (χ0n) is 10.8. The molecule has 1 unspecified atom stereocenters. The van der Waals surface area contributed by atoms with Gasteiger partial charge in [-0.1, -0.05) is 0 Å². The number of rotatable bonds is 7. The van der Waals surface area contributed by atoms with Crippen molar-refractivity contribution < 1.29 is 0 Å². The van der Waals surface area contributed by atoms with Gasteiger partial charge < -0.3 is 0 Å². The van der Waals surface area contributed by atoms with E-state index in [0.717, 1.165) is 11.8 Å². The van der Waals surface area contributed by atoms with Crippen LogP contribution in [-0.4, -0.2) is 22.5 Å². The molecule has 2 heteroatoms. The van der Waals surface area contributed by atoms with Gasteiger partial charge in [0.1, 0.15) is 0 Å². The zero-order chi connectivity index (χ0) is 12.0. The van der Waals surface area contributed by atoms with E-state index in [2.05, 4.69) is 32.9 Å². The molecule has 0 amide bonds. The second-order valence-corrected chi connectivity index (χ2v) is 9.44. The van der Waals surface area contributed by atoms with E-state index in [1.165, 1.54) is 54.6 Å². The number of hydrogen-bond donors (Lipinski definition) is 0. The summed E-state index contributed by atoms with van der Waals surface area (Å²) in [4.78, 5) is 1.60. The maximum atomic E-state index is 2.41. The van der Waals surface area contributed by atoms with Crippen molar-refractivity contribution in [2.75, 3.05) is 0 Å². The summed E-state index contributed by atoms with van der Waals surface area (Å²) in [6.07, 6.45) is 6.89. The van der Waals surface area contributed by atoms with Crippen LogP contribution in [0.2, 0.25) is 0 Å². The number of aryl methyl sites for hydroxylation is 1. The van der Waals surface area contributed by atoms with Gasteiger partial charge in [0.25, 0.3) is 0 Å². The Bertz CT molecular complexity index is 291. The van der Waals surface area contributed by atoms with Crippen LogP contribution in [0.4, 0.5) is 0 Å². The molecule has 1 rings (SSSR count). The summed E-state index contributed by atoms with van der Waals surface area (Å²) in [7, 11) is 0. The first-order chi connectivity index (χ1) is 7.58. The summed E-state index contributed by atoms with van der Waals surface area (Å²) in [5.74, 6) is 1.77. The molecular formula is C14H24SSn. The molecule has 1 aromatic heterocycles. The van der Waals surface area contributed by atoms with E-state index in [4.69, 9.17) is 0 Å². The average Bonchev–Trinajstić information content (AvgIpc) is 2.61. The van der Waals surface area contributed by atoms with E-state index in [9.17, 15) is 0 Å². The van der Waals surface area contributed by atoms with Gasteiger partial charge in [-0.3, -0.25) is 0 Å². The first kappa shape index (κ1) is 14.6. The van der Waals surface area contributed by atoms with E-state index in [1.807, 2.05) is 11.3 Å². The van der Waals surface area contributed by atoms with Crippen LogP contribution in [0.15, 0.2) is 12.1 Å². The number of hydrogen-bond acceptors (Lipinski definition) is 1. The first-order valence-electron chi connectivity index (χ1n) is 6.42. The third-order valence-electron chi connectivity index (χ3n) is 3.04. The molecule has 1 aromatic rings. The molecule has 0 aromatic carbocycles. The zero-order valence-corrected chi connectivity index (χ0v) is 14.9. The predicted octanol–water partition coefficient (Wildman–Crippen LogP) is 3.67. The fourth-order valence-electron chi connectivity index (χ4n) is 1.94. The van der Waals surface area contributed by atoms with Crippen molar-refractivity contribution >= 4 is 36.8 Å². The molecule has 0 bridgehead atoms. The van der Waals surface area contributed by atoms with Gasteiger partial charge >= 0.3 is 118 Å². The molecule has 0 fully saturated rings. The van der Waals surface area contributed by atoms with E-state index >= 15 is 0 Å². The Morgan fingerprint density at radius 1 is 1.12 bits per heavy atom. The van der Waals surface area contributed by atoms with Crippen LogP contribution >= 0.6 is 11.3 Å². The van der Waals surface area contributed by atoms with Crippen molar-refractivity contribution in [2.24, 2.45) is 11.8 Å². The van der Waals surface area contributed by atoms with Crippen molar-refractivity contribution in [2.45, 2.75) is 52.9 Å². The van der Waals surface area contributed by atoms with Crippen molar-refractivity contribution in [1.29, 1.82) is 0 Å². The summed E-state index contributed by atoms with van der Waals surface area (Å²) in [5.41, 5.74) is 0. The molecule has 2 radical (unpaired) electrons. The summed E-state index contributed by atoms with van der Waals surface area (Å²) in [6.45, 7) is 7.06. The molecule has 1 heterocycles. The minimum atomic E-state index is 0.872. The van der Waals surface area contributed by atoms with Gasteiger partial charge in [-0.05, 0) is 0 Å². The summed E-state index contributed by atoms with van der Waals surface area (Å²) in [5, 5.41) is 0. The van der Waals surface area contributed by atoms with E-state index in [1.54, 1.807) is 7.77 Å². The Labute approximate surface area is 118 Å². The molecule has 1 atom stereocenters. The van der Waals surface area contributed by atoms with Crippen LogP contribution in [0.25, 0.3) is 0 Å². The molecule has 0 N–H and O–H groups in total. The van der Waals surface area contributed by atoms with Crippen LogP contribution in [0, 0.1) is 11.8 Å². The molecule has 0 saturated carbocycles. The van der Waals surface area contributed by atoms with Crippen molar-refractivity contribution in [3.8, 4) is 0 Å². The number of thiophene rings is 1. The quantitative estimate of drug-likeness (QED) is 0.663. The molecule has 0 aliphatic carbocycles. The third-order valence-corrected chi connectivity index (χ3v) is 5.58. The van der Waals surface area contributed by atoms with Gasteiger partial charge in [-0.15, -0.1) is 0 Å². The topological polar surface area (TPSA) is 0 Å². The van der Waals surface area contributed by atoms with Crippen LogP contribution in [0.5, 0.6) is 0 Å². The van der Waals surface area contributed by atoms with Crippen molar-refractivity contribution in [3.63, 3.8) is 0 Å². The van der Waals surface area contributed by atoms with Crippen molar-refractivity contribution in [1.82, 2.24) is 0 Å². The fourth-order valence-corrected chi connectivity index (χ4v) is 4.30. The normalized spacial score (nSPS) is 13.3. The minimum absolute atomic E-state index is 0.872. The molecule has 16 heavy (non-hydrogen) atoms. The maximum absolute atomic E-state index is 2.41. The molecule has 90 valence electrons. The summed E-state index contributed by atoms with van der Waals surface area (Å²) >= 11 is 3.30. The van der Waals surface area contributed by atoms with Crippen LogP contribution in [0.3, 0.4) is 0 Å². The van der Waals surface area contributed by atoms with Gasteiger partial charge in [-0.2, -0.15) is 0 Å². The van der Waals surface area contributed by atoms with Gasteiger partial charge in [0.05, 0.1) is 0 Å². The summed E-state index contributed by atoms with van der Waals surface area (Å²) < 4.78 is 1.58. The van der Waals surface area contributed by atoms with Crippen LogP contribution in [0.1, 0.15) is 51.3 Å². The Hall–Kier alpha value is 0.499. The van der Waals surface area contributed by atoms with Crippen molar-refractivity contribution in [3.05, 3.63) is 17.0 Å². The molecule has 0 saturated heterocycles. The van der Waals surface area contributed by atoms with Gasteiger partial charge in [0.2, 0.25) is 0 Å². The SMILES string of the molecule is CC(C)CCCC(C)CCc1cc[c]([SnH])s1. The van der Waals surface area contributed by atoms with Gasteiger partial charge in [0, 0.05) is 0 Å². The average molecular weight is 343 g/mol. The van der Waals surface area contributed by atoms with E-state index in [0.29, 0.717) is 0 Å². The Kier molecular flexibility index (Phi) is 7.06. The second kappa shape index (κ2) is 7.75. The standard InChI is InChI=1S/C14H23S.Sn.H/c1-12(2)6-4-7-13(3)9-10-14-8-5-11-15-14;;/h5,8,12-13H,4,6-7,9-10H2,1-3H3;;. The Balaban J connectivity index is 2.12. The Morgan fingerprint density at radius 3 is 2.44 bits per heavy atom. The first-order valence-corrected chi connectivity index (χ1v) is 8.88.